The third kappa shape index (κ3) is 9.49. The predicted octanol–water partition coefficient (Wildman–Crippen LogP) is 3.05. The number of hydrogen-bond donors (Lipinski definition) is 4. The van der Waals surface area contributed by atoms with Gasteiger partial charge in [-0.1, -0.05) is 6.42 Å². The number of unbranched alkanes of at least 4 members (excludes halogenated alkanes) is 3. The highest BCUT2D eigenvalue weighted by Gasteiger charge is 2.45. The van der Waals surface area contributed by atoms with Crippen LogP contribution in [0.15, 0.2) is 24.3 Å². The first-order valence-electron chi connectivity index (χ1n) is 12.3. The minimum Gasteiger partial charge on any atom is -0.462 e. The molecule has 0 radical (unpaired) electrons. The molecule has 0 aromatic heterocycles. The zero-order valence-electron chi connectivity index (χ0n) is 20.9. The summed E-state index contributed by atoms with van der Waals surface area (Å²) >= 11 is 0. The molecule has 10 nitrogen and oxygen atoms in total. The lowest BCUT2D eigenvalue weighted by molar-refractivity contribution is -0.272. The number of anilines is 1. The summed E-state index contributed by atoms with van der Waals surface area (Å²) in [6.45, 7) is 3.78. The molecule has 2 rings (SSSR count). The summed E-state index contributed by atoms with van der Waals surface area (Å²) in [5.41, 5.74) is 0.581. The van der Waals surface area contributed by atoms with E-state index in [9.17, 15) is 24.7 Å². The van der Waals surface area contributed by atoms with Crippen molar-refractivity contribution in [2.75, 3.05) is 24.7 Å². The molecule has 1 fully saturated rings. The minimum atomic E-state index is -3.38. The quantitative estimate of drug-likeness (QED) is 0.154. The number of nitrogens with one attached hydrogen (secondary N) is 1. The third-order valence-electron chi connectivity index (χ3n) is 5.62. The summed E-state index contributed by atoms with van der Waals surface area (Å²) in [6.07, 6.45) is 2.16. The third-order valence-corrected chi connectivity index (χ3v) is 7.73. The molecule has 4 N–H and O–H groups in total. The number of hydrogen-bond acceptors (Lipinski definition) is 9. The van der Waals surface area contributed by atoms with Crippen molar-refractivity contribution in [1.29, 1.82) is 0 Å². The van der Waals surface area contributed by atoms with E-state index in [0.29, 0.717) is 24.3 Å². The van der Waals surface area contributed by atoms with Gasteiger partial charge in [0.1, 0.15) is 24.1 Å². The van der Waals surface area contributed by atoms with Gasteiger partial charge in [0.05, 0.1) is 25.5 Å². The second-order valence-corrected chi connectivity index (χ2v) is 10.6. The van der Waals surface area contributed by atoms with Gasteiger partial charge in [0.25, 0.3) is 0 Å². The molecule has 202 valence electrons. The van der Waals surface area contributed by atoms with E-state index >= 15 is 0 Å². The smallest absolute Gasteiger partial charge is 0.330 e. The number of benzene rings is 1. The Labute approximate surface area is 212 Å². The van der Waals surface area contributed by atoms with Gasteiger partial charge in [0, 0.05) is 18.5 Å². The van der Waals surface area contributed by atoms with Crippen molar-refractivity contribution in [3.8, 4) is 18.1 Å². The van der Waals surface area contributed by atoms with Crippen LogP contribution in [0.5, 0.6) is 5.75 Å². The number of carbonyl (C=O) groups excluding carboxylic acids is 1. The standard InChI is InChI=1S/C25H38NO9P/c1-4-7-8-9-10-11-21(27)26-18-12-14-19(15-13-18)34-25-24(30)23(29)22(28)20(35-25)16-17-36(31,32-5-2)33-6-3/h1,12-15,20,22-25,28-30H,5-11,16-17H2,2-3H3,(H,26,27)/t20-,22-,23+,24+,25+/m1/s1. The maximum atomic E-state index is 12.7. The van der Waals surface area contributed by atoms with Crippen LogP contribution in [0.2, 0.25) is 0 Å². The van der Waals surface area contributed by atoms with Crippen LogP contribution in [0.25, 0.3) is 0 Å². The van der Waals surface area contributed by atoms with Crippen molar-refractivity contribution in [2.45, 2.75) is 83.1 Å². The van der Waals surface area contributed by atoms with Gasteiger partial charge in [-0.25, -0.2) is 0 Å². The number of aliphatic hydroxyl groups excluding tert-OH is 3. The summed E-state index contributed by atoms with van der Waals surface area (Å²) in [6, 6.07) is 6.46. The lowest BCUT2D eigenvalue weighted by atomic mass is 9.97. The second-order valence-electron chi connectivity index (χ2n) is 8.43. The van der Waals surface area contributed by atoms with E-state index in [4.69, 9.17) is 24.9 Å². The normalized spacial score (nSPS) is 24.2. The Bertz CT molecular complexity index is 879. The van der Waals surface area contributed by atoms with E-state index in [2.05, 4.69) is 11.2 Å². The molecular formula is C25H38NO9P. The van der Waals surface area contributed by atoms with Gasteiger partial charge in [-0.15, -0.1) is 12.3 Å². The van der Waals surface area contributed by atoms with Crippen LogP contribution in [0.3, 0.4) is 0 Å². The average Bonchev–Trinajstić information content (AvgIpc) is 2.85. The lowest BCUT2D eigenvalue weighted by Gasteiger charge is -2.40. The van der Waals surface area contributed by atoms with E-state index in [1.165, 1.54) is 0 Å². The Morgan fingerprint density at radius 1 is 1.06 bits per heavy atom. The van der Waals surface area contributed by atoms with E-state index in [1.807, 2.05) is 0 Å². The first-order valence-corrected chi connectivity index (χ1v) is 14.0. The van der Waals surface area contributed by atoms with Crippen LogP contribution < -0.4 is 10.1 Å². The van der Waals surface area contributed by atoms with Crippen molar-refractivity contribution >= 4 is 19.2 Å². The van der Waals surface area contributed by atoms with Crippen molar-refractivity contribution in [3.05, 3.63) is 24.3 Å². The molecule has 1 aliphatic heterocycles. The minimum absolute atomic E-state index is 0.0375. The first-order chi connectivity index (χ1) is 17.2. The van der Waals surface area contributed by atoms with Crippen molar-refractivity contribution in [2.24, 2.45) is 0 Å². The van der Waals surface area contributed by atoms with E-state index in [1.54, 1.807) is 38.1 Å². The molecule has 0 saturated carbocycles. The van der Waals surface area contributed by atoms with Crippen LogP contribution in [-0.4, -0.2) is 71.3 Å². The van der Waals surface area contributed by atoms with E-state index in [-0.39, 0.29) is 31.7 Å². The number of aliphatic hydroxyl groups is 3. The molecule has 0 unspecified atom stereocenters. The summed E-state index contributed by atoms with van der Waals surface area (Å²) in [7, 11) is -3.38. The van der Waals surface area contributed by atoms with Gasteiger partial charge in [-0.3, -0.25) is 9.36 Å². The van der Waals surface area contributed by atoms with Crippen molar-refractivity contribution in [1.82, 2.24) is 0 Å². The summed E-state index contributed by atoms with van der Waals surface area (Å²) in [5.74, 6) is 2.79. The first kappa shape index (κ1) is 30.3. The van der Waals surface area contributed by atoms with Gasteiger partial charge in [-0.05, 0) is 57.4 Å². The molecule has 1 amide bonds. The van der Waals surface area contributed by atoms with Crippen molar-refractivity contribution < 1.29 is 43.2 Å². The monoisotopic (exact) mass is 527 g/mol. The number of amides is 1. The molecule has 5 atom stereocenters. The number of carbonyl (C=O) groups is 1. The summed E-state index contributed by atoms with van der Waals surface area (Å²) < 4.78 is 34.7. The van der Waals surface area contributed by atoms with Crippen LogP contribution in [-0.2, 0) is 23.1 Å². The molecule has 36 heavy (non-hydrogen) atoms. The Morgan fingerprint density at radius 2 is 1.72 bits per heavy atom. The largest absolute Gasteiger partial charge is 0.462 e. The van der Waals surface area contributed by atoms with Gasteiger partial charge < -0.3 is 39.2 Å². The maximum absolute atomic E-state index is 12.7. The molecule has 11 heteroatoms. The van der Waals surface area contributed by atoms with Crippen LogP contribution in [0.1, 0.15) is 52.4 Å². The molecule has 1 saturated heterocycles. The second kappa shape index (κ2) is 15.3. The number of rotatable bonds is 15. The summed E-state index contributed by atoms with van der Waals surface area (Å²) in [5, 5.41) is 33.8. The highest BCUT2D eigenvalue weighted by molar-refractivity contribution is 7.53. The Kier molecular flexibility index (Phi) is 12.9. The molecule has 1 aromatic rings. The summed E-state index contributed by atoms with van der Waals surface area (Å²) in [4.78, 5) is 12.1. The predicted molar refractivity (Wildman–Crippen MR) is 135 cm³/mol. The number of terminal acetylenes is 1. The fourth-order valence-corrected chi connectivity index (χ4v) is 5.45. The van der Waals surface area contributed by atoms with Gasteiger partial charge >= 0.3 is 7.60 Å². The van der Waals surface area contributed by atoms with E-state index < -0.39 is 38.3 Å². The highest BCUT2D eigenvalue weighted by Crippen LogP contribution is 2.49. The molecule has 1 aliphatic rings. The molecule has 0 aliphatic carbocycles. The Balaban J connectivity index is 1.92. The maximum Gasteiger partial charge on any atom is 0.330 e. The molecule has 0 bridgehead atoms. The fourth-order valence-electron chi connectivity index (χ4n) is 3.76. The van der Waals surface area contributed by atoms with Crippen LogP contribution >= 0.6 is 7.60 Å². The van der Waals surface area contributed by atoms with Crippen LogP contribution in [0, 0.1) is 12.3 Å². The Hall–Kier alpha value is -1.96. The molecule has 0 spiro atoms. The fraction of sp³-hybridized carbons (Fsp3) is 0.640. The average molecular weight is 528 g/mol. The van der Waals surface area contributed by atoms with Gasteiger partial charge in [0.2, 0.25) is 12.2 Å². The van der Waals surface area contributed by atoms with Gasteiger partial charge in [-0.2, -0.15) is 0 Å². The molecular weight excluding hydrogens is 489 g/mol. The zero-order valence-corrected chi connectivity index (χ0v) is 21.8. The van der Waals surface area contributed by atoms with Crippen molar-refractivity contribution in [3.63, 3.8) is 0 Å². The zero-order chi connectivity index (χ0) is 26.6. The topological polar surface area (TPSA) is 144 Å². The highest BCUT2D eigenvalue weighted by atomic mass is 31.2. The van der Waals surface area contributed by atoms with Crippen LogP contribution in [0.4, 0.5) is 5.69 Å². The molecule has 1 aromatic carbocycles. The number of ether oxygens (including phenoxy) is 2. The van der Waals surface area contributed by atoms with E-state index in [0.717, 1.165) is 19.3 Å². The van der Waals surface area contributed by atoms with Gasteiger partial charge in [0.15, 0.2) is 0 Å². The Morgan fingerprint density at radius 3 is 2.33 bits per heavy atom. The SMILES string of the molecule is C#CCCCCCC(=O)Nc1ccc(O[C@H]2O[C@H](CCP(=O)(OCC)OCC)[C@@H](O)[C@H](O)[C@@H]2O)cc1. The lowest BCUT2D eigenvalue weighted by Crippen LogP contribution is -2.59. The molecule has 1 heterocycles.